The number of ether oxygens (including phenoxy) is 2. The van der Waals surface area contributed by atoms with E-state index < -0.39 is 23.6 Å². The second-order valence-corrected chi connectivity index (χ2v) is 5.34. The number of halogens is 3. The van der Waals surface area contributed by atoms with Crippen molar-refractivity contribution in [1.82, 2.24) is 5.32 Å². The predicted molar refractivity (Wildman–Crippen MR) is 92.0 cm³/mol. The molecular weight excluding hydrogens is 365 g/mol. The van der Waals surface area contributed by atoms with Crippen molar-refractivity contribution in [3.8, 4) is 11.5 Å². The minimum Gasteiger partial charge on any atom is -0.496 e. The van der Waals surface area contributed by atoms with E-state index in [0.29, 0.717) is 0 Å². The van der Waals surface area contributed by atoms with Crippen molar-refractivity contribution in [1.29, 1.82) is 0 Å². The summed E-state index contributed by atoms with van der Waals surface area (Å²) >= 11 is 0. The zero-order valence-corrected chi connectivity index (χ0v) is 14.5. The number of carbonyl (C=O) groups excluding carboxylic acids is 2. The van der Waals surface area contributed by atoms with E-state index in [9.17, 15) is 22.8 Å². The molecule has 0 saturated heterocycles. The Morgan fingerprint density at radius 1 is 0.963 bits per heavy atom. The molecule has 0 atom stereocenters. The van der Waals surface area contributed by atoms with Gasteiger partial charge in [0.05, 0.1) is 26.3 Å². The van der Waals surface area contributed by atoms with Crippen LogP contribution in [0.4, 0.5) is 18.9 Å². The van der Waals surface area contributed by atoms with E-state index in [-0.39, 0.29) is 29.3 Å². The Kier molecular flexibility index (Phi) is 6.27. The van der Waals surface area contributed by atoms with Gasteiger partial charge >= 0.3 is 6.18 Å². The minimum absolute atomic E-state index is 0.129. The Hall–Kier alpha value is -3.23. The van der Waals surface area contributed by atoms with E-state index in [0.717, 1.165) is 24.3 Å². The molecule has 9 heteroatoms. The second kappa shape index (κ2) is 8.43. The van der Waals surface area contributed by atoms with E-state index in [1.807, 2.05) is 0 Å². The molecule has 0 fully saturated rings. The molecule has 0 aliphatic heterocycles. The Morgan fingerprint density at radius 3 is 2.00 bits per heavy atom. The molecule has 0 heterocycles. The number of benzene rings is 2. The number of anilines is 1. The molecule has 0 unspecified atom stereocenters. The SMILES string of the molecule is COc1cccc(OC)c1C(=O)NCC(=O)Nc1ccc(C(F)(F)F)cc1. The van der Waals surface area contributed by atoms with Crippen LogP contribution < -0.4 is 20.1 Å². The molecule has 2 aromatic rings. The Morgan fingerprint density at radius 2 is 1.52 bits per heavy atom. The molecule has 6 nitrogen and oxygen atoms in total. The highest BCUT2D eigenvalue weighted by molar-refractivity contribution is 6.02. The first kappa shape index (κ1) is 20.1. The topological polar surface area (TPSA) is 76.7 Å². The standard InChI is InChI=1S/C18H17F3N2O4/c1-26-13-4-3-5-14(27-2)16(13)17(25)22-10-15(24)23-12-8-6-11(7-9-12)18(19,20)21/h3-9H,10H2,1-2H3,(H,22,25)(H,23,24). The third-order valence-electron chi connectivity index (χ3n) is 3.56. The summed E-state index contributed by atoms with van der Waals surface area (Å²) in [5, 5.41) is 4.81. The maximum Gasteiger partial charge on any atom is 0.416 e. The Bertz CT molecular complexity index is 798. The van der Waals surface area contributed by atoms with E-state index in [2.05, 4.69) is 10.6 Å². The van der Waals surface area contributed by atoms with Crippen LogP contribution in [0, 0.1) is 0 Å². The summed E-state index contributed by atoms with van der Waals surface area (Å²) < 4.78 is 47.8. The van der Waals surface area contributed by atoms with Crippen LogP contribution in [-0.4, -0.2) is 32.6 Å². The van der Waals surface area contributed by atoms with E-state index in [1.165, 1.54) is 14.2 Å². The normalized spacial score (nSPS) is 10.9. The average Bonchev–Trinajstić information content (AvgIpc) is 2.65. The molecule has 2 amide bonds. The molecule has 0 aliphatic rings. The molecule has 2 rings (SSSR count). The number of nitrogens with one attached hydrogen (secondary N) is 2. The third kappa shape index (κ3) is 5.13. The lowest BCUT2D eigenvalue weighted by molar-refractivity contribution is -0.137. The van der Waals surface area contributed by atoms with Crippen molar-refractivity contribution in [2.24, 2.45) is 0 Å². The maximum absolute atomic E-state index is 12.5. The van der Waals surface area contributed by atoms with Crippen LogP contribution in [0.5, 0.6) is 11.5 Å². The van der Waals surface area contributed by atoms with Crippen molar-refractivity contribution in [2.75, 3.05) is 26.1 Å². The van der Waals surface area contributed by atoms with Gasteiger partial charge < -0.3 is 20.1 Å². The van der Waals surface area contributed by atoms with E-state index in [1.54, 1.807) is 18.2 Å². The number of amides is 2. The zero-order chi connectivity index (χ0) is 20.0. The first-order chi connectivity index (χ1) is 12.8. The fraction of sp³-hybridized carbons (Fsp3) is 0.222. The summed E-state index contributed by atoms with van der Waals surface area (Å²) in [6.07, 6.45) is -4.45. The van der Waals surface area contributed by atoms with Crippen molar-refractivity contribution < 1.29 is 32.2 Å². The molecular formula is C18H17F3N2O4. The lowest BCUT2D eigenvalue weighted by Gasteiger charge is -2.13. The summed E-state index contributed by atoms with van der Waals surface area (Å²) in [4.78, 5) is 24.3. The fourth-order valence-electron chi connectivity index (χ4n) is 2.27. The van der Waals surface area contributed by atoms with Crippen LogP contribution >= 0.6 is 0 Å². The summed E-state index contributed by atoms with van der Waals surface area (Å²) in [7, 11) is 2.78. The molecule has 144 valence electrons. The molecule has 0 bridgehead atoms. The van der Waals surface area contributed by atoms with Gasteiger partial charge in [0.2, 0.25) is 5.91 Å². The van der Waals surface area contributed by atoms with Gasteiger partial charge in [-0.1, -0.05) is 6.07 Å². The Labute approximate surface area is 153 Å². The molecule has 0 aliphatic carbocycles. The first-order valence-corrected chi connectivity index (χ1v) is 7.72. The van der Waals surface area contributed by atoms with Crippen LogP contribution in [0.3, 0.4) is 0 Å². The summed E-state index contributed by atoms with van der Waals surface area (Å²) in [6, 6.07) is 8.75. The van der Waals surface area contributed by atoms with Crippen molar-refractivity contribution in [3.05, 3.63) is 53.6 Å². The Balaban J connectivity index is 1.99. The van der Waals surface area contributed by atoms with Gasteiger partial charge in [0.25, 0.3) is 5.91 Å². The highest BCUT2D eigenvalue weighted by Crippen LogP contribution is 2.30. The summed E-state index contributed by atoms with van der Waals surface area (Å²) in [6.45, 7) is -0.388. The summed E-state index contributed by atoms with van der Waals surface area (Å²) in [5.41, 5.74) is -0.515. The molecule has 0 saturated carbocycles. The van der Waals surface area contributed by atoms with Gasteiger partial charge in [-0.2, -0.15) is 13.2 Å². The van der Waals surface area contributed by atoms with Gasteiger partial charge in [0, 0.05) is 5.69 Å². The van der Waals surface area contributed by atoms with Crippen LogP contribution in [-0.2, 0) is 11.0 Å². The number of methoxy groups -OCH3 is 2. The number of alkyl halides is 3. The fourth-order valence-corrected chi connectivity index (χ4v) is 2.27. The molecule has 2 aromatic carbocycles. The van der Waals surface area contributed by atoms with Crippen molar-refractivity contribution in [2.45, 2.75) is 6.18 Å². The third-order valence-corrected chi connectivity index (χ3v) is 3.56. The molecule has 27 heavy (non-hydrogen) atoms. The lowest BCUT2D eigenvalue weighted by Crippen LogP contribution is -2.33. The second-order valence-electron chi connectivity index (χ2n) is 5.34. The van der Waals surface area contributed by atoms with Gasteiger partial charge in [0.1, 0.15) is 17.1 Å². The molecule has 0 spiro atoms. The number of carbonyl (C=O) groups is 2. The van der Waals surface area contributed by atoms with Crippen LogP contribution in [0.2, 0.25) is 0 Å². The maximum atomic E-state index is 12.5. The average molecular weight is 382 g/mol. The number of rotatable bonds is 6. The zero-order valence-electron chi connectivity index (χ0n) is 14.5. The number of hydrogen-bond acceptors (Lipinski definition) is 4. The monoisotopic (exact) mass is 382 g/mol. The van der Waals surface area contributed by atoms with Gasteiger partial charge in [-0.3, -0.25) is 9.59 Å². The van der Waals surface area contributed by atoms with Crippen LogP contribution in [0.15, 0.2) is 42.5 Å². The number of hydrogen-bond donors (Lipinski definition) is 2. The highest BCUT2D eigenvalue weighted by atomic mass is 19.4. The van der Waals surface area contributed by atoms with Gasteiger partial charge in [-0.15, -0.1) is 0 Å². The molecule has 0 aromatic heterocycles. The van der Waals surface area contributed by atoms with Crippen LogP contribution in [0.25, 0.3) is 0 Å². The van der Waals surface area contributed by atoms with Crippen molar-refractivity contribution >= 4 is 17.5 Å². The van der Waals surface area contributed by atoms with E-state index in [4.69, 9.17) is 9.47 Å². The quantitative estimate of drug-likeness (QED) is 0.805. The first-order valence-electron chi connectivity index (χ1n) is 7.72. The largest absolute Gasteiger partial charge is 0.496 e. The van der Waals surface area contributed by atoms with Gasteiger partial charge in [0.15, 0.2) is 0 Å². The predicted octanol–water partition coefficient (Wildman–Crippen LogP) is 3.09. The van der Waals surface area contributed by atoms with E-state index >= 15 is 0 Å². The minimum atomic E-state index is -4.45. The smallest absolute Gasteiger partial charge is 0.416 e. The lowest BCUT2D eigenvalue weighted by atomic mass is 10.1. The summed E-state index contributed by atoms with van der Waals surface area (Å²) in [5.74, 6) is -0.645. The van der Waals surface area contributed by atoms with Crippen LogP contribution in [0.1, 0.15) is 15.9 Å². The highest BCUT2D eigenvalue weighted by Gasteiger charge is 2.30. The van der Waals surface area contributed by atoms with Crippen molar-refractivity contribution in [3.63, 3.8) is 0 Å². The van der Waals surface area contributed by atoms with Gasteiger partial charge in [-0.05, 0) is 36.4 Å². The molecule has 2 N–H and O–H groups in total. The molecule has 0 radical (unpaired) electrons. The van der Waals surface area contributed by atoms with Gasteiger partial charge in [-0.25, -0.2) is 0 Å².